The van der Waals surface area contributed by atoms with Crippen molar-refractivity contribution in [2.45, 2.75) is 26.4 Å². The molecule has 0 aromatic heterocycles. The Morgan fingerprint density at radius 2 is 2.15 bits per heavy atom. The van der Waals surface area contributed by atoms with Crippen LogP contribution in [0.5, 0.6) is 5.75 Å². The zero-order valence-electron chi connectivity index (χ0n) is 11.5. The molecule has 0 radical (unpaired) electrons. The fourth-order valence-electron chi connectivity index (χ4n) is 1.71. The Morgan fingerprint density at radius 1 is 1.45 bits per heavy atom. The molecular weight excluding hydrogens is 265 g/mol. The van der Waals surface area contributed by atoms with E-state index in [-0.39, 0.29) is 24.6 Å². The van der Waals surface area contributed by atoms with Gasteiger partial charge in [-0.2, -0.15) is 0 Å². The maximum atomic E-state index is 13.0. The van der Waals surface area contributed by atoms with Crippen LogP contribution in [0.1, 0.15) is 20.3 Å². The molecule has 1 amide bonds. The molecule has 0 aliphatic rings. The van der Waals surface area contributed by atoms with E-state index in [4.69, 9.17) is 9.84 Å². The molecule has 0 spiro atoms. The van der Waals surface area contributed by atoms with Crippen LogP contribution in [0.15, 0.2) is 24.3 Å². The van der Waals surface area contributed by atoms with Crippen molar-refractivity contribution < 1.29 is 23.8 Å². The van der Waals surface area contributed by atoms with Crippen molar-refractivity contribution in [2.75, 3.05) is 13.1 Å². The molecule has 1 rings (SSSR count). The zero-order chi connectivity index (χ0) is 15.1. The molecule has 0 aliphatic heterocycles. The highest BCUT2D eigenvalue weighted by Crippen LogP contribution is 2.14. The number of rotatable bonds is 7. The molecule has 1 atom stereocenters. The summed E-state index contributed by atoms with van der Waals surface area (Å²) in [5.41, 5.74) is 0. The van der Waals surface area contributed by atoms with Crippen LogP contribution in [-0.4, -0.2) is 41.1 Å². The number of hydrogen-bond acceptors (Lipinski definition) is 3. The summed E-state index contributed by atoms with van der Waals surface area (Å²) in [7, 11) is 0. The number of carbonyl (C=O) groups excluding carboxylic acids is 1. The van der Waals surface area contributed by atoms with Gasteiger partial charge >= 0.3 is 5.97 Å². The largest absolute Gasteiger partial charge is 0.481 e. The quantitative estimate of drug-likeness (QED) is 0.830. The Hall–Kier alpha value is -2.11. The highest BCUT2D eigenvalue weighted by Gasteiger charge is 2.21. The van der Waals surface area contributed by atoms with E-state index in [1.54, 1.807) is 19.9 Å². The van der Waals surface area contributed by atoms with Crippen molar-refractivity contribution in [1.29, 1.82) is 0 Å². The molecule has 1 aromatic carbocycles. The van der Waals surface area contributed by atoms with Gasteiger partial charge in [-0.1, -0.05) is 6.07 Å². The van der Waals surface area contributed by atoms with Gasteiger partial charge in [0.1, 0.15) is 11.6 Å². The van der Waals surface area contributed by atoms with Crippen LogP contribution in [0.25, 0.3) is 0 Å². The van der Waals surface area contributed by atoms with Crippen LogP contribution in [0.4, 0.5) is 4.39 Å². The van der Waals surface area contributed by atoms with Crippen molar-refractivity contribution in [2.24, 2.45) is 0 Å². The molecule has 0 saturated heterocycles. The summed E-state index contributed by atoms with van der Waals surface area (Å²) in [4.78, 5) is 24.0. The number of ether oxygens (including phenoxy) is 1. The fraction of sp³-hybridized carbons (Fsp3) is 0.429. The van der Waals surface area contributed by atoms with Crippen molar-refractivity contribution in [1.82, 2.24) is 4.90 Å². The van der Waals surface area contributed by atoms with Gasteiger partial charge in [-0.3, -0.25) is 9.59 Å². The summed E-state index contributed by atoms with van der Waals surface area (Å²) in [5.74, 6) is -1.46. The van der Waals surface area contributed by atoms with Crippen LogP contribution >= 0.6 is 0 Å². The Balaban J connectivity index is 2.62. The summed E-state index contributed by atoms with van der Waals surface area (Å²) in [6.07, 6.45) is -0.919. The molecule has 1 N–H and O–H groups in total. The third-order valence-electron chi connectivity index (χ3n) is 2.75. The number of nitrogens with zero attached hydrogens (tertiary/aromatic N) is 1. The third-order valence-corrected chi connectivity index (χ3v) is 2.75. The van der Waals surface area contributed by atoms with Gasteiger partial charge in [0.05, 0.1) is 6.42 Å². The molecule has 5 nitrogen and oxygen atoms in total. The number of likely N-dealkylation sites (N-methyl/N-ethyl adjacent to an activating group) is 1. The number of carboxylic acids is 1. The average Bonchev–Trinajstić information content (AvgIpc) is 2.38. The van der Waals surface area contributed by atoms with E-state index in [0.717, 1.165) is 0 Å². The van der Waals surface area contributed by atoms with E-state index in [9.17, 15) is 14.0 Å². The maximum absolute atomic E-state index is 13.0. The molecule has 20 heavy (non-hydrogen) atoms. The molecule has 0 aliphatic carbocycles. The van der Waals surface area contributed by atoms with E-state index in [2.05, 4.69) is 0 Å². The van der Waals surface area contributed by atoms with Gasteiger partial charge in [-0.05, 0) is 26.0 Å². The summed E-state index contributed by atoms with van der Waals surface area (Å²) >= 11 is 0. The number of carbonyl (C=O) groups is 2. The third kappa shape index (κ3) is 4.87. The lowest BCUT2D eigenvalue weighted by Gasteiger charge is -2.24. The molecule has 0 heterocycles. The van der Waals surface area contributed by atoms with E-state index in [0.29, 0.717) is 6.54 Å². The second-order valence-corrected chi connectivity index (χ2v) is 4.28. The van der Waals surface area contributed by atoms with Crippen molar-refractivity contribution in [3.8, 4) is 5.75 Å². The van der Waals surface area contributed by atoms with Crippen LogP contribution in [0, 0.1) is 5.82 Å². The van der Waals surface area contributed by atoms with Crippen LogP contribution in [-0.2, 0) is 9.59 Å². The smallest absolute Gasteiger partial charge is 0.305 e. The lowest BCUT2D eigenvalue weighted by molar-refractivity contribution is -0.140. The Morgan fingerprint density at radius 3 is 2.70 bits per heavy atom. The second kappa shape index (κ2) is 7.47. The van der Waals surface area contributed by atoms with Gasteiger partial charge in [0.2, 0.25) is 0 Å². The first-order valence-electron chi connectivity index (χ1n) is 6.36. The highest BCUT2D eigenvalue weighted by atomic mass is 19.1. The fourth-order valence-corrected chi connectivity index (χ4v) is 1.71. The standard InChI is InChI=1S/C14H18FNO4/c1-3-16(8-7-13(17)18)14(19)10(2)20-12-6-4-5-11(15)9-12/h4-6,9-10H,3,7-8H2,1-2H3,(H,17,18). The minimum absolute atomic E-state index is 0.119. The van der Waals surface area contributed by atoms with Crippen molar-refractivity contribution in [3.63, 3.8) is 0 Å². The summed E-state index contributed by atoms with van der Waals surface area (Å²) in [6, 6.07) is 5.52. The summed E-state index contributed by atoms with van der Waals surface area (Å²) in [6.45, 7) is 3.83. The van der Waals surface area contributed by atoms with Gasteiger partial charge < -0.3 is 14.7 Å². The van der Waals surface area contributed by atoms with E-state index < -0.39 is 17.9 Å². The Labute approximate surface area is 117 Å². The normalized spacial score (nSPS) is 11.8. The summed E-state index contributed by atoms with van der Waals surface area (Å²) in [5, 5.41) is 8.63. The number of carboxylic acid groups (broad SMARTS) is 1. The molecule has 6 heteroatoms. The molecule has 0 saturated carbocycles. The first-order valence-corrected chi connectivity index (χ1v) is 6.36. The Bertz CT molecular complexity index is 478. The van der Waals surface area contributed by atoms with Crippen molar-refractivity contribution in [3.05, 3.63) is 30.1 Å². The first-order chi connectivity index (χ1) is 9.43. The minimum Gasteiger partial charge on any atom is -0.481 e. The molecular formula is C14H18FNO4. The zero-order valence-corrected chi connectivity index (χ0v) is 11.5. The number of amides is 1. The van der Waals surface area contributed by atoms with Crippen LogP contribution < -0.4 is 4.74 Å². The predicted molar refractivity (Wildman–Crippen MR) is 71.0 cm³/mol. The molecule has 1 aromatic rings. The van der Waals surface area contributed by atoms with Crippen LogP contribution in [0.3, 0.4) is 0 Å². The number of hydrogen-bond donors (Lipinski definition) is 1. The monoisotopic (exact) mass is 283 g/mol. The van der Waals surface area contributed by atoms with Crippen molar-refractivity contribution >= 4 is 11.9 Å². The Kier molecular flexibility index (Phi) is 5.96. The minimum atomic E-state index is -0.963. The lowest BCUT2D eigenvalue weighted by Crippen LogP contribution is -2.41. The second-order valence-electron chi connectivity index (χ2n) is 4.28. The van der Waals surface area contributed by atoms with E-state index in [1.807, 2.05) is 0 Å². The molecule has 110 valence electrons. The first kappa shape index (κ1) is 15.9. The molecule has 0 fully saturated rings. The van der Waals surface area contributed by atoms with Gasteiger partial charge in [-0.25, -0.2) is 4.39 Å². The van der Waals surface area contributed by atoms with Gasteiger partial charge in [0, 0.05) is 19.2 Å². The van der Waals surface area contributed by atoms with E-state index in [1.165, 1.54) is 23.1 Å². The summed E-state index contributed by atoms with van der Waals surface area (Å²) < 4.78 is 18.4. The SMILES string of the molecule is CCN(CCC(=O)O)C(=O)C(C)Oc1cccc(F)c1. The van der Waals surface area contributed by atoms with Gasteiger partial charge in [0.15, 0.2) is 6.10 Å². The molecule has 0 bridgehead atoms. The lowest BCUT2D eigenvalue weighted by atomic mass is 10.3. The predicted octanol–water partition coefficient (Wildman–Crippen LogP) is 1.92. The number of benzene rings is 1. The van der Waals surface area contributed by atoms with Gasteiger partial charge in [-0.15, -0.1) is 0 Å². The van der Waals surface area contributed by atoms with Crippen LogP contribution in [0.2, 0.25) is 0 Å². The number of halogens is 1. The molecule has 1 unspecified atom stereocenters. The van der Waals surface area contributed by atoms with Gasteiger partial charge in [0.25, 0.3) is 5.91 Å². The van der Waals surface area contributed by atoms with E-state index >= 15 is 0 Å². The average molecular weight is 283 g/mol. The topological polar surface area (TPSA) is 66.8 Å². The maximum Gasteiger partial charge on any atom is 0.305 e. The highest BCUT2D eigenvalue weighted by molar-refractivity contribution is 5.81. The number of aliphatic carboxylic acids is 1.